The molecule has 6 amide bonds. The summed E-state index contributed by atoms with van der Waals surface area (Å²) in [4.78, 5) is 131. The number of carboxylic acids is 3. The summed E-state index contributed by atoms with van der Waals surface area (Å²) in [5.74, 6) is -5.87. The molecule has 97 heavy (non-hydrogen) atoms. The first-order chi connectivity index (χ1) is 45.4. The number of amides is 6. The van der Waals surface area contributed by atoms with E-state index in [4.69, 9.17) is 30.1 Å². The Bertz CT molecular complexity index is 2660. The van der Waals surface area contributed by atoms with Gasteiger partial charge in [-0.15, -0.1) is 0 Å². The van der Waals surface area contributed by atoms with Crippen LogP contribution in [0.5, 0.6) is 0 Å². The lowest BCUT2D eigenvalue weighted by Crippen LogP contribution is -2.65. The number of hydrogen-bond acceptors (Lipinski definition) is 18. The van der Waals surface area contributed by atoms with Crippen molar-refractivity contribution in [3.05, 3.63) is 0 Å². The van der Waals surface area contributed by atoms with Crippen molar-refractivity contribution in [3.8, 4) is 0 Å². The van der Waals surface area contributed by atoms with Crippen molar-refractivity contribution in [1.82, 2.24) is 45.8 Å². The molecule has 0 radical (unpaired) electrons. The Labute approximate surface area is 577 Å². The van der Waals surface area contributed by atoms with E-state index in [2.05, 4.69) is 102 Å². The van der Waals surface area contributed by atoms with E-state index in [1.807, 2.05) is 0 Å². The fourth-order valence-corrected chi connectivity index (χ4v) is 20.6. The minimum Gasteiger partial charge on any atom is -0.480 e. The maximum Gasteiger partial charge on any atom is 0.481 e. The molecule has 31 heteroatoms. The molecule has 4 heterocycles. The van der Waals surface area contributed by atoms with Crippen LogP contribution < -0.4 is 32.7 Å². The van der Waals surface area contributed by atoms with E-state index >= 15 is 0 Å². The zero-order chi connectivity index (χ0) is 71.3. The highest BCUT2D eigenvalue weighted by molar-refractivity contribution is 6.77. The molecule has 4 bridgehead atoms. The number of aliphatic carboxylic acids is 3. The first-order valence-corrected chi connectivity index (χ1v) is 43.5. The van der Waals surface area contributed by atoms with E-state index in [-0.39, 0.29) is 74.1 Å². The quantitative estimate of drug-likeness (QED) is 0.0317. The average Bonchev–Trinajstić information content (AvgIpc) is 1.66. The van der Waals surface area contributed by atoms with Crippen LogP contribution >= 0.6 is 0 Å². The molecule has 546 valence electrons. The molecule has 10 aliphatic rings. The SMILES string of the molecule is CC1(C)C2CC3OB([C@H](CCCCN)NC(=O)[C@@H]4CCCN4C(=O)[C@@H](C[Si](C)(C)C)NC(=O)CN(CCN(CCN(CC(=O)O)CC(=O)N[C@H](C[Si](C)(C)C)C(=O)N4CCC[C@H]4C(=O)N[C@@H](CCCCN)B4OC5CC6CC(C6(C)C)[C@]5(C)O4)CC(=O)O)CC(=O)O)O[C@@]3(C)C1C2. The van der Waals surface area contributed by atoms with Crippen molar-refractivity contribution in [3.63, 3.8) is 0 Å². The number of rotatable bonds is 38. The Morgan fingerprint density at radius 3 is 1.20 bits per heavy atom. The van der Waals surface area contributed by atoms with Gasteiger partial charge < -0.3 is 76.5 Å². The van der Waals surface area contributed by atoms with Gasteiger partial charge in [-0.1, -0.05) is 79.8 Å². The summed E-state index contributed by atoms with van der Waals surface area (Å²) in [5.41, 5.74) is 11.1. The molecular formula is C66H117B2N11O16Si2. The Hall–Kier alpha value is -4.57. The predicted octanol–water partition coefficient (Wildman–Crippen LogP) is 2.54. The monoisotopic (exact) mass is 1400 g/mol. The number of carbonyl (C=O) groups excluding carboxylic acids is 6. The summed E-state index contributed by atoms with van der Waals surface area (Å²) in [6.45, 7) is 24.0. The van der Waals surface area contributed by atoms with Crippen LogP contribution in [0.3, 0.4) is 0 Å². The van der Waals surface area contributed by atoms with Gasteiger partial charge in [0, 0.05) is 55.4 Å². The molecule has 0 aromatic rings. The van der Waals surface area contributed by atoms with E-state index < -0.39 is 152 Å². The predicted molar refractivity (Wildman–Crippen MR) is 372 cm³/mol. The fraction of sp³-hybridized carbons (Fsp3) is 0.864. The molecule has 6 saturated carbocycles. The lowest BCUT2D eigenvalue weighted by molar-refractivity contribution is -0.199. The van der Waals surface area contributed by atoms with Crippen molar-refractivity contribution in [2.45, 2.75) is 242 Å². The second kappa shape index (κ2) is 32.2. The van der Waals surface area contributed by atoms with Crippen LogP contribution in [0, 0.1) is 34.5 Å². The van der Waals surface area contributed by atoms with E-state index in [1.165, 1.54) is 24.5 Å². The summed E-state index contributed by atoms with van der Waals surface area (Å²) in [7, 11) is -5.63. The van der Waals surface area contributed by atoms with Gasteiger partial charge in [0.2, 0.25) is 35.4 Å². The van der Waals surface area contributed by atoms with Gasteiger partial charge in [-0.3, -0.25) is 57.9 Å². The summed E-state index contributed by atoms with van der Waals surface area (Å²) in [6.07, 6.45) is 9.70. The minimum absolute atomic E-state index is 0.0968. The van der Waals surface area contributed by atoms with Crippen molar-refractivity contribution < 1.29 is 77.1 Å². The van der Waals surface area contributed by atoms with Gasteiger partial charge in [-0.2, -0.15) is 0 Å². The summed E-state index contributed by atoms with van der Waals surface area (Å²) < 4.78 is 26.9. The van der Waals surface area contributed by atoms with Crippen molar-refractivity contribution in [2.24, 2.45) is 46.0 Å². The molecule has 6 aliphatic carbocycles. The van der Waals surface area contributed by atoms with Crippen molar-refractivity contribution in [2.75, 3.05) is 85.1 Å². The lowest BCUT2D eigenvalue weighted by Gasteiger charge is -2.64. The van der Waals surface area contributed by atoms with Crippen LogP contribution in [0.2, 0.25) is 51.4 Å². The van der Waals surface area contributed by atoms with E-state index in [0.717, 1.165) is 51.4 Å². The molecule has 0 spiro atoms. The molecule has 14 atom stereocenters. The number of likely N-dealkylation sites (tertiary alicyclic amines) is 2. The smallest absolute Gasteiger partial charge is 0.480 e. The standard InChI is InChI=1S/C66H117B2N11O16Si2/c1-63(2)42-31-48(63)65(5)50(33-42)92-67(94-65)52(21-13-15-23-69)73-59(88)46-19-17-25-78(46)61(90)44(40-96(7,8)9)71-54(80)35-76(38-57(84)85)29-27-75(37-56(82)83)28-30-77(39-58(86)87)36-55(81)72-45(41-97(10,11)12)62(91)79-26-18-20-47(79)60(89)74-53(22-14-16-24-70)68-93-51-34-43-32-49(64(43,3)4)66(51,6)95-68/h42-53H,13-41,69-70H2,1-12H3,(H,71,80)(H,72,81)(H,73,88)(H,74,89)(H,82,83)(H,84,85)(H,86,87)/t42?,43?,44-,45-,46+,47+,48?,49?,50?,51?,52+,53+,65+,66+/m1/s1. The van der Waals surface area contributed by atoms with Crippen molar-refractivity contribution >= 4 is 83.7 Å². The number of hydrogen-bond donors (Lipinski definition) is 9. The maximum atomic E-state index is 14.8. The van der Waals surface area contributed by atoms with Gasteiger partial charge in [0.15, 0.2) is 0 Å². The summed E-state index contributed by atoms with van der Waals surface area (Å²) in [6, 6.07) is -3.10. The molecule has 4 aliphatic heterocycles. The highest BCUT2D eigenvalue weighted by atomic mass is 28.3. The van der Waals surface area contributed by atoms with Gasteiger partial charge in [0.1, 0.15) is 24.2 Å². The van der Waals surface area contributed by atoms with Crippen LogP contribution in [0.25, 0.3) is 0 Å². The van der Waals surface area contributed by atoms with E-state index in [0.29, 0.717) is 87.4 Å². The number of nitrogens with two attached hydrogens (primary N) is 2. The van der Waals surface area contributed by atoms with Crippen LogP contribution in [0.4, 0.5) is 0 Å². The zero-order valence-corrected chi connectivity index (χ0v) is 62.1. The van der Waals surface area contributed by atoms with Gasteiger partial charge in [-0.05, 0) is 151 Å². The second-order valence-corrected chi connectivity index (χ2v) is 44.6. The van der Waals surface area contributed by atoms with Crippen LogP contribution in [-0.4, -0.2) is 268 Å². The Kier molecular flexibility index (Phi) is 25.9. The third kappa shape index (κ3) is 19.1. The molecule has 4 saturated heterocycles. The number of nitrogens with one attached hydrogen (secondary N) is 4. The highest BCUT2D eigenvalue weighted by Gasteiger charge is 2.70. The van der Waals surface area contributed by atoms with Crippen molar-refractivity contribution in [1.29, 1.82) is 0 Å². The third-order valence-corrected chi connectivity index (χ3v) is 26.3. The van der Waals surface area contributed by atoms with Gasteiger partial charge in [0.05, 0.1) is 68.0 Å². The second-order valence-electron chi connectivity index (χ2n) is 33.5. The lowest BCUT2D eigenvalue weighted by atomic mass is 9.43. The maximum absolute atomic E-state index is 14.8. The van der Waals surface area contributed by atoms with E-state index in [1.54, 1.807) is 0 Å². The first kappa shape index (κ1) is 78.2. The van der Waals surface area contributed by atoms with Gasteiger partial charge >= 0.3 is 32.1 Å². The van der Waals surface area contributed by atoms with Gasteiger partial charge in [-0.25, -0.2) is 0 Å². The fourth-order valence-electron chi connectivity index (χ4n) is 17.6. The molecule has 10 rings (SSSR count). The molecule has 0 aromatic heterocycles. The molecule has 11 N–H and O–H groups in total. The van der Waals surface area contributed by atoms with Gasteiger partial charge in [0.25, 0.3) is 0 Å². The molecular weight excluding hydrogens is 1280 g/mol. The minimum atomic E-state index is -2.14. The number of carboxylic acid groups (broad SMARTS) is 3. The normalized spacial score (nSPS) is 28.9. The third-order valence-electron chi connectivity index (χ3n) is 23.0. The summed E-state index contributed by atoms with van der Waals surface area (Å²) in [5, 5.41) is 42.4. The van der Waals surface area contributed by atoms with Crippen LogP contribution in [-0.2, 0) is 61.8 Å². The average molecular weight is 1400 g/mol. The molecule has 0 aromatic carbocycles. The number of carbonyl (C=O) groups is 9. The Balaban J connectivity index is 0.872. The van der Waals surface area contributed by atoms with Crippen LogP contribution in [0.15, 0.2) is 0 Å². The summed E-state index contributed by atoms with van der Waals surface area (Å²) >= 11 is 0. The zero-order valence-electron chi connectivity index (χ0n) is 60.1. The van der Waals surface area contributed by atoms with E-state index in [9.17, 15) is 58.5 Å². The largest absolute Gasteiger partial charge is 0.481 e. The Morgan fingerprint density at radius 1 is 0.515 bits per heavy atom. The molecule has 10 fully saturated rings. The molecule has 27 nitrogen and oxygen atoms in total. The Morgan fingerprint density at radius 2 is 0.866 bits per heavy atom. The van der Waals surface area contributed by atoms with Crippen LogP contribution in [0.1, 0.15) is 131 Å². The topological polar surface area (TPSA) is 368 Å². The first-order valence-electron chi connectivity index (χ1n) is 36.1. The highest BCUT2D eigenvalue weighted by Crippen LogP contribution is 2.67. The molecule has 6 unspecified atom stereocenters. The number of nitrogens with zero attached hydrogens (tertiary/aromatic N) is 5. The number of unbranched alkanes of at least 4 members (excludes halogenated alkanes) is 2.